The molecule has 1 saturated carbocycles. The van der Waals surface area contributed by atoms with Gasteiger partial charge in [-0.25, -0.2) is 0 Å². The number of nitrogens with one attached hydrogen (secondary N) is 1. The van der Waals surface area contributed by atoms with Crippen LogP contribution in [-0.2, 0) is 6.54 Å². The molecule has 0 aromatic heterocycles. The molecular formula is C14H20ClNO2S. The Balaban J connectivity index is 1.97. The van der Waals surface area contributed by atoms with Crippen molar-refractivity contribution in [2.24, 2.45) is 0 Å². The van der Waals surface area contributed by atoms with Crippen LogP contribution in [0.1, 0.15) is 24.8 Å². The Hall–Kier alpha value is -0.580. The lowest BCUT2D eigenvalue weighted by atomic mass is 9.84. The summed E-state index contributed by atoms with van der Waals surface area (Å²) in [7, 11) is 1.53. The molecule has 1 aromatic rings. The van der Waals surface area contributed by atoms with Gasteiger partial charge < -0.3 is 15.2 Å². The molecule has 0 bridgehead atoms. The summed E-state index contributed by atoms with van der Waals surface area (Å²) in [6, 6.07) is 3.40. The van der Waals surface area contributed by atoms with E-state index in [-0.39, 0.29) is 5.75 Å². The number of methoxy groups -OCH3 is 1. The molecule has 1 aliphatic rings. The number of hydrogen-bond donors (Lipinski definition) is 2. The van der Waals surface area contributed by atoms with Crippen LogP contribution in [0, 0.1) is 0 Å². The highest BCUT2D eigenvalue weighted by atomic mass is 35.5. The van der Waals surface area contributed by atoms with Crippen LogP contribution in [0.5, 0.6) is 11.5 Å². The first-order valence-corrected chi connectivity index (χ1v) is 8.02. The lowest BCUT2D eigenvalue weighted by Gasteiger charge is -2.40. The maximum Gasteiger partial charge on any atom is 0.162 e. The Bertz CT molecular complexity index is 444. The van der Waals surface area contributed by atoms with Gasteiger partial charge in [0.15, 0.2) is 11.5 Å². The summed E-state index contributed by atoms with van der Waals surface area (Å²) >= 11 is 7.95. The maximum atomic E-state index is 10.0. The molecule has 0 amide bonds. The highest BCUT2D eigenvalue weighted by Gasteiger charge is 2.35. The average Bonchev–Trinajstić information content (AvgIpc) is 2.36. The number of phenolic OH excluding ortho intramolecular Hbond substituents is 1. The molecule has 1 aliphatic carbocycles. The predicted molar refractivity (Wildman–Crippen MR) is 81.5 cm³/mol. The monoisotopic (exact) mass is 301 g/mol. The summed E-state index contributed by atoms with van der Waals surface area (Å²) in [6.45, 7) is 1.56. The van der Waals surface area contributed by atoms with Crippen LogP contribution in [0.25, 0.3) is 0 Å². The molecule has 0 radical (unpaired) electrons. The Morgan fingerprint density at radius 2 is 2.21 bits per heavy atom. The minimum absolute atomic E-state index is 0.172. The topological polar surface area (TPSA) is 41.5 Å². The SMILES string of the molecule is COc1cc(Cl)cc(CNCC2(SC)CCC2)c1O. The van der Waals surface area contributed by atoms with Gasteiger partial charge in [-0.2, -0.15) is 11.8 Å². The average molecular weight is 302 g/mol. The molecule has 2 N–H and O–H groups in total. The standard InChI is InChI=1S/C14H20ClNO2S/c1-18-12-7-11(15)6-10(13(12)17)8-16-9-14(19-2)4-3-5-14/h6-7,16-17H,3-5,8-9H2,1-2H3. The van der Waals surface area contributed by atoms with Crippen molar-refractivity contribution in [3.63, 3.8) is 0 Å². The van der Waals surface area contributed by atoms with E-state index in [0.717, 1.165) is 12.1 Å². The van der Waals surface area contributed by atoms with Crippen molar-refractivity contribution in [3.05, 3.63) is 22.7 Å². The first kappa shape index (κ1) is 14.8. The van der Waals surface area contributed by atoms with E-state index in [0.29, 0.717) is 22.1 Å². The minimum Gasteiger partial charge on any atom is -0.504 e. The molecule has 5 heteroatoms. The van der Waals surface area contributed by atoms with Crippen LogP contribution in [0.3, 0.4) is 0 Å². The van der Waals surface area contributed by atoms with Crippen molar-refractivity contribution < 1.29 is 9.84 Å². The molecule has 106 valence electrons. The molecule has 3 nitrogen and oxygen atoms in total. The van der Waals surface area contributed by atoms with E-state index >= 15 is 0 Å². The number of thioether (sulfide) groups is 1. The van der Waals surface area contributed by atoms with Crippen LogP contribution < -0.4 is 10.1 Å². The number of ether oxygens (including phenoxy) is 1. The van der Waals surface area contributed by atoms with Crippen molar-refractivity contribution >= 4 is 23.4 Å². The maximum absolute atomic E-state index is 10.0. The Morgan fingerprint density at radius 3 is 2.74 bits per heavy atom. The van der Waals surface area contributed by atoms with Gasteiger partial charge in [-0.05, 0) is 25.2 Å². The molecule has 0 spiro atoms. The normalized spacial score (nSPS) is 17.0. The van der Waals surface area contributed by atoms with Gasteiger partial charge in [0.2, 0.25) is 0 Å². The zero-order valence-corrected chi connectivity index (χ0v) is 12.9. The highest BCUT2D eigenvalue weighted by Crippen LogP contribution is 2.42. The van der Waals surface area contributed by atoms with E-state index in [1.807, 2.05) is 11.8 Å². The Morgan fingerprint density at radius 1 is 1.47 bits per heavy atom. The van der Waals surface area contributed by atoms with E-state index in [4.69, 9.17) is 16.3 Å². The molecule has 0 atom stereocenters. The highest BCUT2D eigenvalue weighted by molar-refractivity contribution is 8.00. The minimum atomic E-state index is 0.172. The zero-order chi connectivity index (χ0) is 13.9. The number of benzene rings is 1. The number of rotatable bonds is 6. The van der Waals surface area contributed by atoms with E-state index in [2.05, 4.69) is 11.6 Å². The predicted octanol–water partition coefficient (Wildman–Crippen LogP) is 3.43. The molecular weight excluding hydrogens is 282 g/mol. The summed E-state index contributed by atoms with van der Waals surface area (Å²) in [4.78, 5) is 0. The van der Waals surface area contributed by atoms with Gasteiger partial charge in [-0.3, -0.25) is 0 Å². The third-order valence-corrected chi connectivity index (χ3v) is 5.44. The fraction of sp³-hybridized carbons (Fsp3) is 0.571. The molecule has 1 aromatic carbocycles. The van der Waals surface area contributed by atoms with Crippen molar-refractivity contribution in [3.8, 4) is 11.5 Å². The van der Waals surface area contributed by atoms with Gasteiger partial charge in [0, 0.05) is 34.5 Å². The van der Waals surface area contributed by atoms with Crippen LogP contribution >= 0.6 is 23.4 Å². The first-order valence-electron chi connectivity index (χ1n) is 6.41. The fourth-order valence-electron chi connectivity index (χ4n) is 2.37. The van der Waals surface area contributed by atoms with Crippen molar-refractivity contribution in [2.45, 2.75) is 30.6 Å². The molecule has 0 heterocycles. The summed E-state index contributed by atoms with van der Waals surface area (Å²) in [5, 5.41) is 14.0. The van der Waals surface area contributed by atoms with E-state index in [1.54, 1.807) is 12.1 Å². The smallest absolute Gasteiger partial charge is 0.162 e. The molecule has 1 fully saturated rings. The summed E-state index contributed by atoms with van der Waals surface area (Å²) in [6.07, 6.45) is 6.03. The first-order chi connectivity index (χ1) is 9.10. The van der Waals surface area contributed by atoms with Crippen molar-refractivity contribution in [1.29, 1.82) is 0 Å². The van der Waals surface area contributed by atoms with Crippen molar-refractivity contribution in [1.82, 2.24) is 5.32 Å². The van der Waals surface area contributed by atoms with Crippen LogP contribution in [0.15, 0.2) is 12.1 Å². The van der Waals surface area contributed by atoms with Gasteiger partial charge in [0.05, 0.1) is 7.11 Å². The molecule has 0 saturated heterocycles. The van der Waals surface area contributed by atoms with E-state index in [9.17, 15) is 5.11 Å². The second-order valence-corrected chi connectivity index (χ2v) is 6.67. The van der Waals surface area contributed by atoms with Gasteiger partial charge >= 0.3 is 0 Å². The van der Waals surface area contributed by atoms with Gasteiger partial charge in [-0.15, -0.1) is 0 Å². The van der Waals surface area contributed by atoms with Crippen LogP contribution in [0.2, 0.25) is 5.02 Å². The summed E-state index contributed by atoms with van der Waals surface area (Å²) in [5.74, 6) is 0.596. The third-order valence-electron chi connectivity index (χ3n) is 3.80. The number of halogens is 1. The molecule has 2 rings (SSSR count). The van der Waals surface area contributed by atoms with Crippen LogP contribution in [0.4, 0.5) is 0 Å². The summed E-state index contributed by atoms with van der Waals surface area (Å²) < 4.78 is 5.49. The summed E-state index contributed by atoms with van der Waals surface area (Å²) in [5.41, 5.74) is 0.778. The van der Waals surface area contributed by atoms with Gasteiger partial charge in [-0.1, -0.05) is 18.0 Å². The number of hydrogen-bond acceptors (Lipinski definition) is 4. The third kappa shape index (κ3) is 3.30. The lowest BCUT2D eigenvalue weighted by Crippen LogP contribution is -2.43. The Labute approximate surface area is 123 Å². The quantitative estimate of drug-likeness (QED) is 0.845. The van der Waals surface area contributed by atoms with Crippen molar-refractivity contribution in [2.75, 3.05) is 19.9 Å². The largest absolute Gasteiger partial charge is 0.504 e. The fourth-order valence-corrected chi connectivity index (χ4v) is 3.54. The van der Waals surface area contributed by atoms with E-state index in [1.165, 1.54) is 26.4 Å². The Kier molecular flexibility index (Phi) is 4.87. The number of phenols is 1. The molecule has 19 heavy (non-hydrogen) atoms. The van der Waals surface area contributed by atoms with Gasteiger partial charge in [0.1, 0.15) is 0 Å². The zero-order valence-electron chi connectivity index (χ0n) is 11.3. The lowest BCUT2D eigenvalue weighted by molar-refractivity contribution is 0.342. The second kappa shape index (κ2) is 6.25. The molecule has 0 aliphatic heterocycles. The van der Waals surface area contributed by atoms with E-state index < -0.39 is 0 Å². The number of aromatic hydroxyl groups is 1. The van der Waals surface area contributed by atoms with Gasteiger partial charge in [0.25, 0.3) is 0 Å². The molecule has 0 unspecified atom stereocenters. The van der Waals surface area contributed by atoms with Crippen LogP contribution in [-0.4, -0.2) is 29.8 Å². The second-order valence-electron chi connectivity index (χ2n) is 4.96.